The maximum atomic E-state index is 12.5. The summed E-state index contributed by atoms with van der Waals surface area (Å²) < 4.78 is 12.7. The molecular formula is C19H26N4O4. The summed E-state index contributed by atoms with van der Waals surface area (Å²) in [6.45, 7) is 6.16. The molecule has 1 aromatic carbocycles. The summed E-state index contributed by atoms with van der Waals surface area (Å²) in [5.41, 5.74) is 0.448. The van der Waals surface area contributed by atoms with Gasteiger partial charge in [-0.15, -0.1) is 0 Å². The highest BCUT2D eigenvalue weighted by molar-refractivity contribution is 5.95. The molecule has 27 heavy (non-hydrogen) atoms. The van der Waals surface area contributed by atoms with E-state index in [1.54, 1.807) is 30.7 Å². The van der Waals surface area contributed by atoms with Gasteiger partial charge in [-0.05, 0) is 39.0 Å². The Morgan fingerprint density at radius 3 is 2.59 bits per heavy atom. The van der Waals surface area contributed by atoms with E-state index in [-0.39, 0.29) is 30.5 Å². The van der Waals surface area contributed by atoms with Crippen LogP contribution in [0, 0.1) is 0 Å². The lowest BCUT2D eigenvalue weighted by Gasteiger charge is -2.16. The lowest BCUT2D eigenvalue weighted by atomic mass is 10.1. The molecule has 8 heteroatoms. The second kappa shape index (κ2) is 9.61. The summed E-state index contributed by atoms with van der Waals surface area (Å²) in [7, 11) is 1.49. The number of methoxy groups -OCH3 is 1. The molecule has 2 N–H and O–H groups in total. The number of amides is 2. The zero-order valence-corrected chi connectivity index (χ0v) is 16.1. The van der Waals surface area contributed by atoms with Crippen molar-refractivity contribution in [3.8, 4) is 11.5 Å². The molecule has 1 aromatic heterocycles. The van der Waals surface area contributed by atoms with E-state index in [1.807, 2.05) is 31.5 Å². The second-order valence-corrected chi connectivity index (χ2v) is 6.51. The molecule has 1 unspecified atom stereocenters. The van der Waals surface area contributed by atoms with Crippen molar-refractivity contribution < 1.29 is 19.1 Å². The van der Waals surface area contributed by atoms with E-state index in [2.05, 4.69) is 15.6 Å². The first-order valence-corrected chi connectivity index (χ1v) is 8.76. The number of carbonyl (C=O) groups excluding carboxylic acids is 2. The SMILES string of the molecule is COc1cc(C(=O)NC(C)Cn2ccnc2)ccc1OCC(=O)NC(C)C. The Bertz CT molecular complexity index is 759. The number of nitrogens with zero attached hydrogens (tertiary/aromatic N) is 2. The number of aromatic nitrogens is 2. The molecule has 0 saturated carbocycles. The van der Waals surface area contributed by atoms with Crippen molar-refractivity contribution in [3.05, 3.63) is 42.5 Å². The number of nitrogens with one attached hydrogen (secondary N) is 2. The van der Waals surface area contributed by atoms with E-state index in [9.17, 15) is 9.59 Å². The van der Waals surface area contributed by atoms with Crippen molar-refractivity contribution in [2.24, 2.45) is 0 Å². The molecule has 0 aliphatic carbocycles. The van der Waals surface area contributed by atoms with Crippen molar-refractivity contribution in [1.29, 1.82) is 0 Å². The summed E-state index contributed by atoms with van der Waals surface area (Å²) >= 11 is 0. The van der Waals surface area contributed by atoms with Gasteiger partial charge in [0.2, 0.25) is 0 Å². The van der Waals surface area contributed by atoms with Gasteiger partial charge in [0, 0.05) is 36.6 Å². The topological polar surface area (TPSA) is 94.5 Å². The van der Waals surface area contributed by atoms with Crippen molar-refractivity contribution >= 4 is 11.8 Å². The number of imidazole rings is 1. The molecule has 0 spiro atoms. The molecular weight excluding hydrogens is 348 g/mol. The van der Waals surface area contributed by atoms with Crippen LogP contribution in [0.3, 0.4) is 0 Å². The first kappa shape index (κ1) is 20.3. The Morgan fingerprint density at radius 2 is 1.96 bits per heavy atom. The fraction of sp³-hybridized carbons (Fsp3) is 0.421. The van der Waals surface area contributed by atoms with Gasteiger partial charge in [0.25, 0.3) is 11.8 Å². The third-order valence-corrected chi connectivity index (χ3v) is 3.66. The molecule has 2 aromatic rings. The summed E-state index contributed by atoms with van der Waals surface area (Å²) in [6, 6.07) is 4.82. The highest BCUT2D eigenvalue weighted by Gasteiger charge is 2.14. The molecule has 8 nitrogen and oxygen atoms in total. The lowest BCUT2D eigenvalue weighted by molar-refractivity contribution is -0.123. The molecule has 0 aliphatic rings. The minimum Gasteiger partial charge on any atom is -0.493 e. The van der Waals surface area contributed by atoms with Crippen molar-refractivity contribution in [2.45, 2.75) is 39.4 Å². The third-order valence-electron chi connectivity index (χ3n) is 3.66. The third kappa shape index (κ3) is 6.32. The summed E-state index contributed by atoms with van der Waals surface area (Å²) in [4.78, 5) is 28.1. The summed E-state index contributed by atoms with van der Waals surface area (Å²) in [5.74, 6) is 0.355. The predicted octanol–water partition coefficient (Wildman–Crippen LogP) is 1.61. The van der Waals surface area contributed by atoms with Gasteiger partial charge in [0.15, 0.2) is 18.1 Å². The average Bonchev–Trinajstić information content (AvgIpc) is 3.11. The van der Waals surface area contributed by atoms with Crippen LogP contribution in [-0.4, -0.2) is 47.2 Å². The van der Waals surface area contributed by atoms with Gasteiger partial charge in [-0.2, -0.15) is 0 Å². The molecule has 0 fully saturated rings. The van der Waals surface area contributed by atoms with E-state index < -0.39 is 0 Å². The fourth-order valence-electron chi connectivity index (χ4n) is 2.50. The zero-order chi connectivity index (χ0) is 19.8. The monoisotopic (exact) mass is 374 g/mol. The minimum absolute atomic E-state index is 0.0402. The van der Waals surface area contributed by atoms with Gasteiger partial charge in [-0.3, -0.25) is 9.59 Å². The number of hydrogen-bond acceptors (Lipinski definition) is 5. The largest absolute Gasteiger partial charge is 0.493 e. The van der Waals surface area contributed by atoms with Crippen LogP contribution in [0.25, 0.3) is 0 Å². The number of ether oxygens (including phenoxy) is 2. The van der Waals surface area contributed by atoms with Crippen LogP contribution in [0.5, 0.6) is 11.5 Å². The van der Waals surface area contributed by atoms with Crippen molar-refractivity contribution in [3.63, 3.8) is 0 Å². The quantitative estimate of drug-likeness (QED) is 0.695. The molecule has 2 amide bonds. The van der Waals surface area contributed by atoms with Gasteiger partial charge in [0.1, 0.15) is 0 Å². The van der Waals surface area contributed by atoms with Crippen LogP contribution < -0.4 is 20.1 Å². The summed E-state index contributed by atoms with van der Waals surface area (Å²) in [5, 5.41) is 5.67. The zero-order valence-electron chi connectivity index (χ0n) is 16.1. The second-order valence-electron chi connectivity index (χ2n) is 6.51. The van der Waals surface area contributed by atoms with Gasteiger partial charge in [-0.25, -0.2) is 4.98 Å². The molecule has 1 heterocycles. The lowest BCUT2D eigenvalue weighted by Crippen LogP contribution is -2.35. The number of rotatable bonds is 9. The van der Waals surface area contributed by atoms with E-state index in [1.165, 1.54) is 7.11 Å². The van der Waals surface area contributed by atoms with Gasteiger partial charge >= 0.3 is 0 Å². The van der Waals surface area contributed by atoms with Crippen molar-refractivity contribution in [2.75, 3.05) is 13.7 Å². The Labute approximate surface area is 158 Å². The van der Waals surface area contributed by atoms with E-state index in [0.29, 0.717) is 23.6 Å². The smallest absolute Gasteiger partial charge is 0.258 e. The Morgan fingerprint density at radius 1 is 1.19 bits per heavy atom. The highest BCUT2D eigenvalue weighted by atomic mass is 16.5. The minimum atomic E-state index is -0.220. The molecule has 0 radical (unpaired) electrons. The van der Waals surface area contributed by atoms with E-state index in [0.717, 1.165) is 0 Å². The highest BCUT2D eigenvalue weighted by Crippen LogP contribution is 2.28. The van der Waals surface area contributed by atoms with Crippen LogP contribution in [0.1, 0.15) is 31.1 Å². The number of hydrogen-bond donors (Lipinski definition) is 2. The molecule has 146 valence electrons. The summed E-state index contributed by atoms with van der Waals surface area (Å²) in [6.07, 6.45) is 5.24. The molecule has 0 aliphatic heterocycles. The maximum absolute atomic E-state index is 12.5. The van der Waals surface area contributed by atoms with E-state index >= 15 is 0 Å². The number of carbonyl (C=O) groups is 2. The van der Waals surface area contributed by atoms with Crippen LogP contribution >= 0.6 is 0 Å². The molecule has 1 atom stereocenters. The Kier molecular flexibility index (Phi) is 7.22. The molecule has 0 bridgehead atoms. The van der Waals surface area contributed by atoms with Gasteiger partial charge in [-0.1, -0.05) is 0 Å². The van der Waals surface area contributed by atoms with E-state index in [4.69, 9.17) is 9.47 Å². The van der Waals surface area contributed by atoms with Crippen molar-refractivity contribution in [1.82, 2.24) is 20.2 Å². The first-order valence-electron chi connectivity index (χ1n) is 8.76. The molecule has 0 saturated heterocycles. The van der Waals surface area contributed by atoms with Crippen LogP contribution in [0.2, 0.25) is 0 Å². The Hall–Kier alpha value is -3.03. The molecule has 2 rings (SSSR count). The predicted molar refractivity (Wildman–Crippen MR) is 101 cm³/mol. The normalized spacial score (nSPS) is 11.7. The maximum Gasteiger partial charge on any atom is 0.258 e. The Balaban J connectivity index is 1.97. The van der Waals surface area contributed by atoms with Crippen LogP contribution in [-0.2, 0) is 11.3 Å². The van der Waals surface area contributed by atoms with Gasteiger partial charge < -0.3 is 24.7 Å². The average molecular weight is 374 g/mol. The number of benzene rings is 1. The standard InChI is InChI=1S/C19H26N4O4/c1-13(2)21-18(24)11-27-16-6-5-15(9-17(16)26-4)19(25)22-14(3)10-23-8-7-20-12-23/h5-9,12-14H,10-11H2,1-4H3,(H,21,24)(H,22,25). The fourth-order valence-corrected chi connectivity index (χ4v) is 2.50. The first-order chi connectivity index (χ1) is 12.9. The van der Waals surface area contributed by atoms with Crippen LogP contribution in [0.4, 0.5) is 0 Å². The van der Waals surface area contributed by atoms with Gasteiger partial charge in [0.05, 0.1) is 13.4 Å². The van der Waals surface area contributed by atoms with Crippen LogP contribution in [0.15, 0.2) is 36.9 Å².